The fourth-order valence-corrected chi connectivity index (χ4v) is 2.39. The molecule has 6 nitrogen and oxygen atoms in total. The zero-order valence-electron chi connectivity index (χ0n) is 16.2. The maximum atomic E-state index is 12.1. The molecule has 1 saturated carbocycles. The molecule has 3 N–H and O–H groups in total. The lowest BCUT2D eigenvalue weighted by Crippen LogP contribution is -2.57. The van der Waals surface area contributed by atoms with Gasteiger partial charge in [-0.15, -0.1) is 24.0 Å². The molecule has 2 atom stereocenters. The molecule has 0 aromatic carbocycles. The standard InChI is InChI=1S/C17H34N4O2.HI/c1-8-17(9-2,21-15(22)23-16(4,5)6)11-19-14(18-7)20-13-10-12(13)3;/h12-13H,8-11H2,1-7H3,(H,21,22)(H2,18,19,20);1H. The molecule has 1 aliphatic carbocycles. The van der Waals surface area contributed by atoms with E-state index in [1.54, 1.807) is 7.05 Å². The van der Waals surface area contributed by atoms with Crippen molar-refractivity contribution in [2.45, 2.75) is 78.0 Å². The summed E-state index contributed by atoms with van der Waals surface area (Å²) < 4.78 is 5.39. The van der Waals surface area contributed by atoms with Crippen LogP contribution in [0.4, 0.5) is 4.79 Å². The van der Waals surface area contributed by atoms with Crippen LogP contribution < -0.4 is 16.0 Å². The Morgan fingerprint density at radius 2 is 1.79 bits per heavy atom. The van der Waals surface area contributed by atoms with Gasteiger partial charge < -0.3 is 20.7 Å². The van der Waals surface area contributed by atoms with Gasteiger partial charge in [0.2, 0.25) is 0 Å². The van der Waals surface area contributed by atoms with Crippen molar-refractivity contribution in [1.82, 2.24) is 16.0 Å². The van der Waals surface area contributed by atoms with Crippen LogP contribution in [-0.4, -0.2) is 42.8 Å². The van der Waals surface area contributed by atoms with Gasteiger partial charge in [-0.2, -0.15) is 0 Å². The van der Waals surface area contributed by atoms with Crippen molar-refractivity contribution in [2.75, 3.05) is 13.6 Å². The third kappa shape index (κ3) is 7.90. The molecule has 142 valence electrons. The fourth-order valence-electron chi connectivity index (χ4n) is 2.39. The third-order valence-electron chi connectivity index (χ3n) is 4.37. The van der Waals surface area contributed by atoms with Crippen molar-refractivity contribution < 1.29 is 9.53 Å². The van der Waals surface area contributed by atoms with Crippen molar-refractivity contribution in [3.05, 3.63) is 0 Å². The van der Waals surface area contributed by atoms with Crippen LogP contribution in [0.1, 0.15) is 60.8 Å². The van der Waals surface area contributed by atoms with Gasteiger partial charge in [-0.1, -0.05) is 20.8 Å². The van der Waals surface area contributed by atoms with Gasteiger partial charge in [0, 0.05) is 19.6 Å². The van der Waals surface area contributed by atoms with Gasteiger partial charge >= 0.3 is 6.09 Å². The Morgan fingerprint density at radius 1 is 1.25 bits per heavy atom. The van der Waals surface area contributed by atoms with Crippen LogP contribution in [-0.2, 0) is 4.74 Å². The number of ether oxygens (including phenoxy) is 1. The van der Waals surface area contributed by atoms with E-state index in [1.165, 1.54) is 6.42 Å². The van der Waals surface area contributed by atoms with Gasteiger partial charge in [-0.3, -0.25) is 4.99 Å². The average molecular weight is 454 g/mol. The van der Waals surface area contributed by atoms with E-state index >= 15 is 0 Å². The molecule has 24 heavy (non-hydrogen) atoms. The first kappa shape index (κ1) is 23.3. The molecule has 0 heterocycles. The van der Waals surface area contributed by atoms with Crippen molar-refractivity contribution >= 4 is 36.0 Å². The van der Waals surface area contributed by atoms with Crippen LogP contribution in [0.2, 0.25) is 0 Å². The lowest BCUT2D eigenvalue weighted by molar-refractivity contribution is 0.0448. The highest BCUT2D eigenvalue weighted by molar-refractivity contribution is 14.0. The second-order valence-corrected chi connectivity index (χ2v) is 7.50. The molecule has 0 radical (unpaired) electrons. The number of halogens is 1. The average Bonchev–Trinajstić information content (AvgIpc) is 3.15. The molecule has 1 rings (SSSR count). The van der Waals surface area contributed by atoms with E-state index in [4.69, 9.17) is 4.74 Å². The van der Waals surface area contributed by atoms with Crippen molar-refractivity contribution in [2.24, 2.45) is 10.9 Å². The van der Waals surface area contributed by atoms with Gasteiger partial charge in [-0.25, -0.2) is 4.79 Å². The molecule has 1 fully saturated rings. The second-order valence-electron chi connectivity index (χ2n) is 7.50. The number of amides is 1. The molecular formula is C17H35IN4O2. The van der Waals surface area contributed by atoms with E-state index in [-0.39, 0.29) is 35.6 Å². The van der Waals surface area contributed by atoms with E-state index in [0.29, 0.717) is 18.5 Å². The second kappa shape index (κ2) is 9.68. The first-order chi connectivity index (χ1) is 10.6. The third-order valence-corrected chi connectivity index (χ3v) is 4.37. The molecule has 0 bridgehead atoms. The van der Waals surface area contributed by atoms with Crippen LogP contribution in [0.15, 0.2) is 4.99 Å². The first-order valence-corrected chi connectivity index (χ1v) is 8.63. The maximum absolute atomic E-state index is 12.1. The number of aliphatic imine (C=N–C) groups is 1. The molecule has 1 aliphatic rings. The summed E-state index contributed by atoms with van der Waals surface area (Å²) in [5, 5.41) is 9.78. The summed E-state index contributed by atoms with van der Waals surface area (Å²) in [5.74, 6) is 1.49. The number of hydrogen-bond acceptors (Lipinski definition) is 3. The number of guanidine groups is 1. The summed E-state index contributed by atoms with van der Waals surface area (Å²) in [6, 6.07) is 0.512. The predicted octanol–water partition coefficient (Wildman–Crippen LogP) is 3.26. The minimum absolute atomic E-state index is 0. The quantitative estimate of drug-likeness (QED) is 0.327. The van der Waals surface area contributed by atoms with Gasteiger partial charge in [0.05, 0.1) is 5.54 Å². The minimum Gasteiger partial charge on any atom is -0.444 e. The Balaban J connectivity index is 0.00000529. The largest absolute Gasteiger partial charge is 0.444 e. The van der Waals surface area contributed by atoms with Gasteiger partial charge in [0.25, 0.3) is 0 Å². The summed E-state index contributed by atoms with van der Waals surface area (Å²) in [6.45, 7) is 12.6. The molecule has 0 spiro atoms. The number of hydrogen-bond donors (Lipinski definition) is 3. The lowest BCUT2D eigenvalue weighted by atomic mass is 9.93. The molecule has 0 aromatic rings. The van der Waals surface area contributed by atoms with Crippen LogP contribution in [0.25, 0.3) is 0 Å². The van der Waals surface area contributed by atoms with Gasteiger partial charge in [0.15, 0.2) is 5.96 Å². The lowest BCUT2D eigenvalue weighted by Gasteiger charge is -2.34. The first-order valence-electron chi connectivity index (χ1n) is 8.63. The van der Waals surface area contributed by atoms with Crippen molar-refractivity contribution in [3.63, 3.8) is 0 Å². The predicted molar refractivity (Wildman–Crippen MR) is 110 cm³/mol. The SMILES string of the molecule is CCC(CC)(CNC(=NC)NC1CC1C)NC(=O)OC(C)(C)C.I. The fraction of sp³-hybridized carbons (Fsp3) is 0.882. The highest BCUT2D eigenvalue weighted by Gasteiger charge is 2.34. The Kier molecular flexibility index (Phi) is 9.38. The topological polar surface area (TPSA) is 74.8 Å². The zero-order valence-corrected chi connectivity index (χ0v) is 18.5. The summed E-state index contributed by atoms with van der Waals surface area (Å²) >= 11 is 0. The number of carbonyl (C=O) groups excluding carboxylic acids is 1. The molecule has 0 aromatic heterocycles. The van der Waals surface area contributed by atoms with Crippen LogP contribution in [0, 0.1) is 5.92 Å². The Labute approximate surface area is 164 Å². The van der Waals surface area contributed by atoms with Crippen molar-refractivity contribution in [1.29, 1.82) is 0 Å². The molecule has 0 saturated heterocycles. The summed E-state index contributed by atoms with van der Waals surface area (Å²) in [6.07, 6.45) is 2.43. The molecule has 1 amide bonds. The molecule has 7 heteroatoms. The normalized spacial score (nSPS) is 20.7. The minimum atomic E-state index is -0.496. The Bertz CT molecular complexity index is 431. The van der Waals surface area contributed by atoms with E-state index < -0.39 is 5.60 Å². The Hall–Kier alpha value is -0.730. The summed E-state index contributed by atoms with van der Waals surface area (Å²) in [5.41, 5.74) is -0.848. The number of nitrogens with one attached hydrogen (secondary N) is 3. The van der Waals surface area contributed by atoms with Crippen LogP contribution in [0.3, 0.4) is 0 Å². The highest BCUT2D eigenvalue weighted by atomic mass is 127. The smallest absolute Gasteiger partial charge is 0.408 e. The van der Waals surface area contributed by atoms with Crippen LogP contribution >= 0.6 is 24.0 Å². The highest BCUT2D eigenvalue weighted by Crippen LogP contribution is 2.28. The zero-order chi connectivity index (χ0) is 17.7. The van der Waals surface area contributed by atoms with Crippen molar-refractivity contribution in [3.8, 4) is 0 Å². The Morgan fingerprint density at radius 3 is 2.17 bits per heavy atom. The van der Waals surface area contributed by atoms with Gasteiger partial charge in [-0.05, 0) is 46.0 Å². The monoisotopic (exact) mass is 454 g/mol. The number of alkyl carbamates (subject to hydrolysis) is 1. The maximum Gasteiger partial charge on any atom is 0.408 e. The molecule has 2 unspecified atom stereocenters. The summed E-state index contributed by atoms with van der Waals surface area (Å²) in [4.78, 5) is 16.4. The van der Waals surface area contributed by atoms with E-state index in [9.17, 15) is 4.79 Å². The van der Waals surface area contributed by atoms with E-state index in [0.717, 1.165) is 18.8 Å². The number of carbonyl (C=O) groups is 1. The summed E-state index contributed by atoms with van der Waals surface area (Å²) in [7, 11) is 1.77. The van der Waals surface area contributed by atoms with E-state index in [2.05, 4.69) is 41.7 Å². The molecule has 0 aliphatic heterocycles. The molecular weight excluding hydrogens is 419 g/mol. The number of nitrogens with zero attached hydrogens (tertiary/aromatic N) is 1. The van der Waals surface area contributed by atoms with Crippen LogP contribution in [0.5, 0.6) is 0 Å². The van der Waals surface area contributed by atoms with E-state index in [1.807, 2.05) is 20.8 Å². The van der Waals surface area contributed by atoms with Gasteiger partial charge in [0.1, 0.15) is 5.60 Å². The number of rotatable bonds is 6.